The van der Waals surface area contributed by atoms with Crippen LogP contribution in [0.3, 0.4) is 0 Å². The predicted molar refractivity (Wildman–Crippen MR) is 184 cm³/mol. The third-order valence-electron chi connectivity index (χ3n) is 6.55. The number of benzene rings is 2. The van der Waals surface area contributed by atoms with Crippen molar-refractivity contribution in [2.45, 2.75) is 124 Å². The van der Waals surface area contributed by atoms with E-state index < -0.39 is 10.0 Å². The van der Waals surface area contributed by atoms with E-state index in [9.17, 15) is 8.42 Å². The molecule has 248 valence electrons. The molecule has 2 aromatic carbocycles. The van der Waals surface area contributed by atoms with Gasteiger partial charge in [-0.1, -0.05) is 67.0 Å². The van der Waals surface area contributed by atoms with Gasteiger partial charge in [-0.15, -0.1) is 0 Å². The third-order valence-corrected chi connectivity index (χ3v) is 8.10. The van der Waals surface area contributed by atoms with Crippen molar-refractivity contribution < 1.29 is 22.6 Å². The summed E-state index contributed by atoms with van der Waals surface area (Å²) in [6.45, 7) is 21.2. The largest absolute Gasteiger partial charge is 0.497 e. The number of hydrogen-bond donors (Lipinski definition) is 1. The average Bonchev–Trinajstić information content (AvgIpc) is 2.99. The molecule has 1 aliphatic carbocycles. The van der Waals surface area contributed by atoms with Crippen molar-refractivity contribution in [3.8, 4) is 17.2 Å². The molecule has 1 fully saturated rings. The van der Waals surface area contributed by atoms with Crippen LogP contribution in [0.25, 0.3) is 0 Å². The lowest BCUT2D eigenvalue weighted by Gasteiger charge is -2.27. The summed E-state index contributed by atoms with van der Waals surface area (Å²) >= 11 is 0. The van der Waals surface area contributed by atoms with Gasteiger partial charge < -0.3 is 19.1 Å². The van der Waals surface area contributed by atoms with E-state index in [0.717, 1.165) is 57.4 Å². The first-order valence-corrected chi connectivity index (χ1v) is 17.8. The molecule has 1 saturated carbocycles. The highest BCUT2D eigenvalue weighted by molar-refractivity contribution is 7.89. The summed E-state index contributed by atoms with van der Waals surface area (Å²) in [7, 11) is -0.638. The number of hydrogen-bond acceptors (Lipinski definition) is 6. The Morgan fingerprint density at radius 2 is 1.42 bits per heavy atom. The molecule has 0 aliphatic heterocycles. The fourth-order valence-corrected chi connectivity index (χ4v) is 6.11. The van der Waals surface area contributed by atoms with E-state index >= 15 is 0 Å². The van der Waals surface area contributed by atoms with Crippen molar-refractivity contribution in [2.24, 2.45) is 5.92 Å². The summed E-state index contributed by atoms with van der Waals surface area (Å²) in [5.41, 5.74) is 1.23. The number of para-hydroxylation sites is 2. The van der Waals surface area contributed by atoms with Crippen LogP contribution in [-0.2, 0) is 10.0 Å². The maximum absolute atomic E-state index is 12.6. The molecule has 0 heterocycles. The van der Waals surface area contributed by atoms with Crippen LogP contribution < -0.4 is 23.8 Å². The van der Waals surface area contributed by atoms with Crippen LogP contribution in [0, 0.1) is 5.92 Å². The summed E-state index contributed by atoms with van der Waals surface area (Å²) in [4.78, 5) is 2.54. The van der Waals surface area contributed by atoms with Gasteiger partial charge in [0, 0.05) is 25.2 Å². The quantitative estimate of drug-likeness (QED) is 0.254. The molecule has 0 atom stereocenters. The lowest BCUT2D eigenvalue weighted by Crippen LogP contribution is -2.37. The van der Waals surface area contributed by atoms with E-state index in [-0.39, 0.29) is 17.0 Å². The summed E-state index contributed by atoms with van der Waals surface area (Å²) in [6, 6.07) is 13.1. The highest BCUT2D eigenvalue weighted by Gasteiger charge is 2.26. The van der Waals surface area contributed by atoms with Crippen molar-refractivity contribution in [1.82, 2.24) is 4.72 Å². The molecule has 3 rings (SSSR count). The number of methoxy groups -OCH3 is 2. The molecule has 0 saturated heterocycles. The predicted octanol–water partition coefficient (Wildman–Crippen LogP) is 9.10. The SMILES string of the molecule is CC.CCC.CCCN(CCC)c1ccccc1OC(C)C.COc1ccc(OC)c(S(=O)(=O)NC2CCC(C)CC2)c1. The van der Waals surface area contributed by atoms with Gasteiger partial charge in [0.2, 0.25) is 10.0 Å². The molecule has 0 spiro atoms. The summed E-state index contributed by atoms with van der Waals surface area (Å²) in [5.74, 6) is 2.50. The minimum Gasteiger partial charge on any atom is -0.497 e. The van der Waals surface area contributed by atoms with Gasteiger partial charge in [-0.3, -0.25) is 0 Å². The third kappa shape index (κ3) is 15.2. The molecule has 7 nitrogen and oxygen atoms in total. The van der Waals surface area contributed by atoms with Crippen LogP contribution in [0.4, 0.5) is 5.69 Å². The van der Waals surface area contributed by atoms with Gasteiger partial charge in [-0.2, -0.15) is 0 Å². The number of nitrogens with one attached hydrogen (secondary N) is 1. The standard InChI is InChI=1S/C15H23NO4S.C15H25NO.C3H8.C2H6/c1-11-4-6-12(7-5-11)16-21(17,18)15-10-13(19-2)8-9-14(15)20-3;1-5-11-16(12-6-2)14-9-7-8-10-15(14)17-13(3)4;1-3-2;1-2/h8-12,16H,4-7H2,1-3H3;7-10,13H,5-6,11-12H2,1-4H3;3H2,1-2H3;1-2H3. The molecule has 2 aromatic rings. The fourth-order valence-electron chi connectivity index (χ4n) is 4.62. The molecule has 43 heavy (non-hydrogen) atoms. The van der Waals surface area contributed by atoms with Crippen LogP contribution >= 0.6 is 0 Å². The topological polar surface area (TPSA) is 77.1 Å². The zero-order valence-corrected chi connectivity index (χ0v) is 29.9. The van der Waals surface area contributed by atoms with Crippen LogP contribution in [0.2, 0.25) is 0 Å². The number of rotatable bonds is 12. The smallest absolute Gasteiger partial charge is 0.244 e. The first kappa shape index (κ1) is 40.5. The minimum atomic E-state index is -3.61. The zero-order chi connectivity index (χ0) is 32.8. The van der Waals surface area contributed by atoms with Crippen LogP contribution in [-0.4, -0.2) is 47.9 Å². The molecule has 0 unspecified atom stereocenters. The van der Waals surface area contributed by atoms with Crippen molar-refractivity contribution in [1.29, 1.82) is 0 Å². The molecular formula is C35H62N2O5S. The van der Waals surface area contributed by atoms with Crippen LogP contribution in [0.15, 0.2) is 47.4 Å². The summed E-state index contributed by atoms with van der Waals surface area (Å²) in [6.07, 6.45) is 7.68. The summed E-state index contributed by atoms with van der Waals surface area (Å²) < 4.78 is 44.1. The molecule has 0 radical (unpaired) electrons. The van der Waals surface area contributed by atoms with Gasteiger partial charge in [-0.25, -0.2) is 13.1 Å². The first-order valence-electron chi connectivity index (χ1n) is 16.3. The van der Waals surface area contributed by atoms with Crippen LogP contribution in [0.1, 0.15) is 107 Å². The Labute approximate surface area is 264 Å². The number of ether oxygens (including phenoxy) is 3. The maximum atomic E-state index is 12.6. The zero-order valence-electron chi connectivity index (χ0n) is 29.0. The van der Waals surface area contributed by atoms with E-state index in [0.29, 0.717) is 17.4 Å². The highest BCUT2D eigenvalue weighted by Crippen LogP contribution is 2.31. The molecule has 0 aromatic heterocycles. The van der Waals surface area contributed by atoms with Crippen molar-refractivity contribution in [3.05, 3.63) is 42.5 Å². The Bertz CT molecular complexity index is 1080. The molecule has 0 bridgehead atoms. The van der Waals surface area contributed by atoms with Crippen molar-refractivity contribution in [2.75, 3.05) is 32.2 Å². The van der Waals surface area contributed by atoms with Crippen LogP contribution in [0.5, 0.6) is 17.2 Å². The van der Waals surface area contributed by atoms with Gasteiger partial charge in [0.1, 0.15) is 22.1 Å². The summed E-state index contributed by atoms with van der Waals surface area (Å²) in [5, 5.41) is 0. The Hall–Kier alpha value is -2.45. The van der Waals surface area contributed by atoms with Gasteiger partial charge in [0.25, 0.3) is 0 Å². The van der Waals surface area contributed by atoms with E-state index in [1.54, 1.807) is 12.1 Å². The fraction of sp³-hybridized carbons (Fsp3) is 0.657. The van der Waals surface area contributed by atoms with E-state index in [1.165, 1.54) is 32.4 Å². The number of anilines is 1. The lowest BCUT2D eigenvalue weighted by atomic mass is 9.88. The second-order valence-corrected chi connectivity index (χ2v) is 12.6. The van der Waals surface area contributed by atoms with E-state index in [2.05, 4.69) is 76.3 Å². The Balaban J connectivity index is 0.000000726. The maximum Gasteiger partial charge on any atom is 0.244 e. The normalized spacial score (nSPS) is 15.9. The molecule has 8 heteroatoms. The Morgan fingerprint density at radius 1 is 0.860 bits per heavy atom. The molecule has 1 aliphatic rings. The van der Waals surface area contributed by atoms with Gasteiger partial charge in [0.15, 0.2) is 0 Å². The van der Waals surface area contributed by atoms with Gasteiger partial charge in [0.05, 0.1) is 26.0 Å². The first-order chi connectivity index (χ1) is 20.6. The second-order valence-electron chi connectivity index (χ2n) is 10.9. The highest BCUT2D eigenvalue weighted by atomic mass is 32.2. The Morgan fingerprint density at radius 3 is 1.91 bits per heavy atom. The lowest BCUT2D eigenvalue weighted by molar-refractivity contribution is 0.243. The number of nitrogens with zero attached hydrogens (tertiary/aromatic N) is 1. The number of sulfonamides is 1. The van der Waals surface area contributed by atoms with Crippen molar-refractivity contribution >= 4 is 15.7 Å². The van der Waals surface area contributed by atoms with E-state index in [1.807, 2.05) is 19.9 Å². The minimum absolute atomic E-state index is 0.00195. The van der Waals surface area contributed by atoms with Crippen molar-refractivity contribution in [3.63, 3.8) is 0 Å². The molecule has 1 N–H and O–H groups in total. The average molecular weight is 623 g/mol. The molecular weight excluding hydrogens is 560 g/mol. The van der Waals surface area contributed by atoms with Gasteiger partial charge in [-0.05, 0) is 82.6 Å². The van der Waals surface area contributed by atoms with E-state index in [4.69, 9.17) is 14.2 Å². The monoisotopic (exact) mass is 622 g/mol. The molecule has 0 amide bonds. The second kappa shape index (κ2) is 23.0. The van der Waals surface area contributed by atoms with Gasteiger partial charge >= 0.3 is 0 Å². The Kier molecular flexibility index (Phi) is 21.7.